The lowest BCUT2D eigenvalue weighted by Gasteiger charge is -2.36. The third-order valence-corrected chi connectivity index (χ3v) is 6.74. The van der Waals surface area contributed by atoms with Crippen molar-refractivity contribution in [3.8, 4) is 0 Å². The lowest BCUT2D eigenvalue weighted by molar-refractivity contribution is 0.0519. The number of nitrogens with one attached hydrogen (secondary N) is 2. The summed E-state index contributed by atoms with van der Waals surface area (Å²) in [6.07, 6.45) is 1.85. The van der Waals surface area contributed by atoms with Crippen LogP contribution in [0.25, 0.3) is 0 Å². The molecule has 0 unspecified atom stereocenters. The van der Waals surface area contributed by atoms with Crippen LogP contribution in [0.1, 0.15) is 34.9 Å². The second-order valence-electron chi connectivity index (χ2n) is 7.45. The predicted molar refractivity (Wildman–Crippen MR) is 117 cm³/mol. The molecule has 150 valence electrons. The summed E-state index contributed by atoms with van der Waals surface area (Å²) in [6, 6.07) is 24.1. The lowest BCUT2D eigenvalue weighted by atomic mass is 9.78. The SMILES string of the molecule is O=C(NCC1(c2cccs2)CCOCC1)NC(c1ccccc1)c1ccccc1. The van der Waals surface area contributed by atoms with Gasteiger partial charge < -0.3 is 15.4 Å². The highest BCUT2D eigenvalue weighted by molar-refractivity contribution is 7.10. The van der Waals surface area contributed by atoms with Gasteiger partial charge in [0.1, 0.15) is 0 Å². The van der Waals surface area contributed by atoms with Gasteiger partial charge in [-0.25, -0.2) is 4.79 Å². The van der Waals surface area contributed by atoms with Gasteiger partial charge in [0.15, 0.2) is 0 Å². The van der Waals surface area contributed by atoms with Crippen LogP contribution >= 0.6 is 11.3 Å². The van der Waals surface area contributed by atoms with E-state index in [-0.39, 0.29) is 17.5 Å². The fraction of sp³-hybridized carbons (Fsp3) is 0.292. The Morgan fingerprint density at radius 3 is 2.10 bits per heavy atom. The van der Waals surface area contributed by atoms with E-state index in [1.807, 2.05) is 60.7 Å². The summed E-state index contributed by atoms with van der Waals surface area (Å²) in [6.45, 7) is 2.08. The Labute approximate surface area is 175 Å². The van der Waals surface area contributed by atoms with E-state index in [0.29, 0.717) is 6.54 Å². The molecule has 1 aliphatic rings. The smallest absolute Gasteiger partial charge is 0.315 e. The number of hydrogen-bond donors (Lipinski definition) is 2. The first kappa shape index (κ1) is 19.7. The van der Waals surface area contributed by atoms with Crippen molar-refractivity contribution in [3.63, 3.8) is 0 Å². The molecule has 1 aliphatic heterocycles. The molecule has 0 atom stereocenters. The minimum Gasteiger partial charge on any atom is -0.381 e. The van der Waals surface area contributed by atoms with Gasteiger partial charge in [-0.05, 0) is 35.4 Å². The first-order valence-corrected chi connectivity index (χ1v) is 10.9. The summed E-state index contributed by atoms with van der Waals surface area (Å²) in [7, 11) is 0. The van der Waals surface area contributed by atoms with Crippen LogP contribution in [0.3, 0.4) is 0 Å². The summed E-state index contributed by atoms with van der Waals surface area (Å²) in [5.41, 5.74) is 2.08. The number of benzene rings is 2. The maximum atomic E-state index is 12.9. The van der Waals surface area contributed by atoms with Crippen molar-refractivity contribution in [3.05, 3.63) is 94.2 Å². The van der Waals surface area contributed by atoms with Gasteiger partial charge in [-0.3, -0.25) is 0 Å². The zero-order chi connectivity index (χ0) is 19.9. The first-order valence-electron chi connectivity index (χ1n) is 10.0. The molecule has 4 rings (SSSR count). The van der Waals surface area contributed by atoms with Crippen molar-refractivity contribution in [1.82, 2.24) is 10.6 Å². The molecule has 1 aromatic heterocycles. The van der Waals surface area contributed by atoms with Crippen molar-refractivity contribution in [2.45, 2.75) is 24.3 Å². The van der Waals surface area contributed by atoms with E-state index in [1.165, 1.54) is 4.88 Å². The number of hydrogen-bond acceptors (Lipinski definition) is 3. The molecule has 3 aromatic rings. The van der Waals surface area contributed by atoms with Gasteiger partial charge in [-0.2, -0.15) is 0 Å². The summed E-state index contributed by atoms with van der Waals surface area (Å²) in [5.74, 6) is 0. The number of rotatable bonds is 6. The van der Waals surface area contributed by atoms with Gasteiger partial charge in [-0.1, -0.05) is 66.7 Å². The minimum absolute atomic E-state index is 0.0429. The Morgan fingerprint density at radius 1 is 0.931 bits per heavy atom. The highest BCUT2D eigenvalue weighted by Gasteiger charge is 2.36. The van der Waals surface area contributed by atoms with Crippen LogP contribution in [-0.4, -0.2) is 25.8 Å². The highest BCUT2D eigenvalue weighted by Crippen LogP contribution is 2.37. The van der Waals surface area contributed by atoms with E-state index in [9.17, 15) is 4.79 Å². The number of thiophene rings is 1. The third kappa shape index (κ3) is 4.69. The summed E-state index contributed by atoms with van der Waals surface area (Å²) in [4.78, 5) is 14.2. The quantitative estimate of drug-likeness (QED) is 0.613. The van der Waals surface area contributed by atoms with Gasteiger partial charge in [0.2, 0.25) is 0 Å². The van der Waals surface area contributed by atoms with E-state index in [0.717, 1.165) is 37.2 Å². The Kier molecular flexibility index (Phi) is 6.27. The maximum Gasteiger partial charge on any atom is 0.315 e. The van der Waals surface area contributed by atoms with Crippen molar-refractivity contribution in [1.29, 1.82) is 0 Å². The Morgan fingerprint density at radius 2 is 1.55 bits per heavy atom. The number of carbonyl (C=O) groups is 1. The molecule has 5 heteroatoms. The molecule has 1 fully saturated rings. The molecular weight excluding hydrogens is 380 g/mol. The summed E-state index contributed by atoms with van der Waals surface area (Å²) in [5, 5.41) is 8.43. The van der Waals surface area contributed by atoms with Crippen LogP contribution in [0.4, 0.5) is 4.79 Å². The van der Waals surface area contributed by atoms with Crippen molar-refractivity contribution >= 4 is 17.4 Å². The zero-order valence-corrected chi connectivity index (χ0v) is 17.2. The van der Waals surface area contributed by atoms with Crippen LogP contribution < -0.4 is 10.6 Å². The van der Waals surface area contributed by atoms with Crippen LogP contribution in [0, 0.1) is 0 Å². The lowest BCUT2D eigenvalue weighted by Crippen LogP contribution is -2.47. The molecular formula is C24H26N2O2S. The normalized spacial score (nSPS) is 15.8. The summed E-state index contributed by atoms with van der Waals surface area (Å²) < 4.78 is 5.59. The molecule has 0 radical (unpaired) electrons. The molecule has 2 heterocycles. The fourth-order valence-electron chi connectivity index (χ4n) is 3.93. The largest absolute Gasteiger partial charge is 0.381 e. The second-order valence-corrected chi connectivity index (χ2v) is 8.40. The van der Waals surface area contributed by atoms with Gasteiger partial charge in [-0.15, -0.1) is 11.3 Å². The van der Waals surface area contributed by atoms with Gasteiger partial charge in [0, 0.05) is 30.1 Å². The van der Waals surface area contributed by atoms with E-state index < -0.39 is 0 Å². The van der Waals surface area contributed by atoms with Crippen molar-refractivity contribution in [2.24, 2.45) is 0 Å². The molecule has 2 aromatic carbocycles. The molecule has 4 nitrogen and oxygen atoms in total. The Hall–Kier alpha value is -2.63. The van der Waals surface area contributed by atoms with Crippen molar-refractivity contribution in [2.75, 3.05) is 19.8 Å². The average molecular weight is 407 g/mol. The number of amides is 2. The molecule has 0 spiro atoms. The van der Waals surface area contributed by atoms with E-state index in [2.05, 4.69) is 28.1 Å². The standard InChI is InChI=1S/C24H26N2O2S/c27-23(25-18-24(13-15-28-16-14-24)21-12-7-17-29-21)26-22(19-8-3-1-4-9-19)20-10-5-2-6-11-20/h1-12,17,22H,13-16,18H2,(H2,25,26,27). The second kappa shape index (κ2) is 9.25. The molecule has 0 aliphatic carbocycles. The molecule has 29 heavy (non-hydrogen) atoms. The average Bonchev–Trinajstić information content (AvgIpc) is 3.34. The third-order valence-electron chi connectivity index (χ3n) is 5.62. The fourth-order valence-corrected chi connectivity index (χ4v) is 4.92. The van der Waals surface area contributed by atoms with E-state index >= 15 is 0 Å². The van der Waals surface area contributed by atoms with Crippen LogP contribution in [-0.2, 0) is 10.2 Å². The Balaban J connectivity index is 1.48. The van der Waals surface area contributed by atoms with Gasteiger partial charge >= 0.3 is 6.03 Å². The highest BCUT2D eigenvalue weighted by atomic mass is 32.1. The van der Waals surface area contributed by atoms with Crippen LogP contribution in [0.2, 0.25) is 0 Å². The Bertz CT molecular complexity index is 852. The van der Waals surface area contributed by atoms with Crippen molar-refractivity contribution < 1.29 is 9.53 Å². The maximum absolute atomic E-state index is 12.9. The number of urea groups is 1. The molecule has 0 bridgehead atoms. The predicted octanol–water partition coefficient (Wildman–Crippen LogP) is 4.89. The van der Waals surface area contributed by atoms with Gasteiger partial charge in [0.25, 0.3) is 0 Å². The zero-order valence-electron chi connectivity index (χ0n) is 16.3. The van der Waals surface area contributed by atoms with E-state index in [1.54, 1.807) is 11.3 Å². The monoisotopic (exact) mass is 406 g/mol. The van der Waals surface area contributed by atoms with E-state index in [4.69, 9.17) is 4.74 Å². The minimum atomic E-state index is -0.190. The molecule has 0 saturated carbocycles. The summed E-state index contributed by atoms with van der Waals surface area (Å²) >= 11 is 1.76. The topological polar surface area (TPSA) is 50.4 Å². The number of carbonyl (C=O) groups excluding carboxylic acids is 1. The number of ether oxygens (including phenoxy) is 1. The van der Waals surface area contributed by atoms with Crippen LogP contribution in [0.5, 0.6) is 0 Å². The molecule has 1 saturated heterocycles. The van der Waals surface area contributed by atoms with Gasteiger partial charge in [0.05, 0.1) is 6.04 Å². The first-order chi connectivity index (χ1) is 14.3. The van der Waals surface area contributed by atoms with Crippen LogP contribution in [0.15, 0.2) is 78.2 Å². The molecule has 2 amide bonds. The molecule has 2 N–H and O–H groups in total.